The Hall–Kier alpha value is -3.19. The largest absolute Gasteiger partial charge is 0.398 e. The molecule has 2 aromatic carbocycles. The van der Waals surface area contributed by atoms with Crippen LogP contribution in [0.4, 0.5) is 5.69 Å². The van der Waals surface area contributed by atoms with E-state index < -0.39 is 0 Å². The minimum Gasteiger partial charge on any atom is -0.398 e. The highest BCUT2D eigenvalue weighted by Gasteiger charge is 2.26. The number of benzene rings is 2. The number of aliphatic imine (C=N–C) groups is 1. The molecule has 3 rings (SSSR count). The summed E-state index contributed by atoms with van der Waals surface area (Å²) in [6, 6.07) is 11.2. The van der Waals surface area contributed by atoms with E-state index >= 15 is 0 Å². The molecule has 1 atom stereocenters. The van der Waals surface area contributed by atoms with Gasteiger partial charge in [-0.05, 0) is 56.0 Å². The van der Waals surface area contributed by atoms with E-state index in [1.807, 2.05) is 43.0 Å². The third-order valence-corrected chi connectivity index (χ3v) is 5.84. The molecule has 1 saturated heterocycles. The summed E-state index contributed by atoms with van der Waals surface area (Å²) in [6.07, 6.45) is 2.67. The van der Waals surface area contributed by atoms with Crippen LogP contribution < -0.4 is 11.1 Å². The highest BCUT2D eigenvalue weighted by molar-refractivity contribution is 6.00. The number of nitrogens with zero attached hydrogens (tertiary/aromatic N) is 2. The van der Waals surface area contributed by atoms with Crippen LogP contribution >= 0.6 is 0 Å². The highest BCUT2D eigenvalue weighted by Crippen LogP contribution is 2.21. The number of anilines is 1. The average Bonchev–Trinajstić information content (AvgIpc) is 3.25. The first-order valence-corrected chi connectivity index (χ1v) is 10.9. The molecule has 0 saturated carbocycles. The Morgan fingerprint density at radius 3 is 2.69 bits per heavy atom. The van der Waals surface area contributed by atoms with Crippen molar-refractivity contribution in [3.63, 3.8) is 0 Å². The Labute approximate surface area is 189 Å². The topological polar surface area (TPSA) is 97.0 Å². The number of ether oxygens (including phenoxy) is 1. The predicted molar refractivity (Wildman–Crippen MR) is 127 cm³/mol. The Kier molecular flexibility index (Phi) is 8.00. The molecule has 0 spiro atoms. The van der Waals surface area contributed by atoms with E-state index in [1.54, 1.807) is 25.5 Å². The predicted octanol–water partition coefficient (Wildman–Crippen LogP) is 2.84. The molecule has 2 aromatic rings. The van der Waals surface area contributed by atoms with Gasteiger partial charge in [0.05, 0.1) is 6.61 Å². The molecule has 1 fully saturated rings. The molecular weight excluding hydrogens is 404 g/mol. The average molecular weight is 437 g/mol. The Bertz CT molecular complexity index is 985. The van der Waals surface area contributed by atoms with Gasteiger partial charge in [0.15, 0.2) is 0 Å². The summed E-state index contributed by atoms with van der Waals surface area (Å²) in [5.74, 6) is 0.224. The number of hydrogen-bond acceptors (Lipinski definition) is 5. The van der Waals surface area contributed by atoms with Crippen LogP contribution in [0.15, 0.2) is 41.4 Å². The number of aryl methyl sites for hydroxylation is 1. The monoisotopic (exact) mass is 436 g/mol. The fourth-order valence-electron chi connectivity index (χ4n) is 3.87. The molecule has 32 heavy (non-hydrogen) atoms. The summed E-state index contributed by atoms with van der Waals surface area (Å²) in [7, 11) is 1.59. The summed E-state index contributed by atoms with van der Waals surface area (Å²) < 4.78 is 4.97. The van der Waals surface area contributed by atoms with Crippen molar-refractivity contribution in [1.82, 2.24) is 10.2 Å². The van der Waals surface area contributed by atoms with Crippen LogP contribution in [-0.2, 0) is 4.74 Å². The lowest BCUT2D eigenvalue weighted by atomic mass is 10.0. The molecular formula is C25H32N4O3. The maximum Gasteiger partial charge on any atom is 0.253 e. The number of carbonyl (C=O) groups excluding carboxylic acids is 2. The van der Waals surface area contributed by atoms with Gasteiger partial charge in [-0.15, -0.1) is 0 Å². The zero-order valence-electron chi connectivity index (χ0n) is 19.1. The molecule has 7 nitrogen and oxygen atoms in total. The summed E-state index contributed by atoms with van der Waals surface area (Å²) in [5, 5.41) is 2.83. The molecule has 0 radical (unpaired) electrons. The molecule has 0 aromatic heterocycles. The maximum absolute atomic E-state index is 12.7. The highest BCUT2D eigenvalue weighted by atomic mass is 16.5. The van der Waals surface area contributed by atoms with Crippen LogP contribution in [0.3, 0.4) is 0 Å². The number of nitrogens with two attached hydrogens (primary N) is 1. The van der Waals surface area contributed by atoms with E-state index in [0.717, 1.165) is 35.2 Å². The fourth-order valence-corrected chi connectivity index (χ4v) is 3.87. The molecule has 7 heteroatoms. The van der Waals surface area contributed by atoms with Gasteiger partial charge in [-0.25, -0.2) is 0 Å². The number of methoxy groups -OCH3 is 1. The quantitative estimate of drug-likeness (QED) is 0.378. The number of carbonyl (C=O) groups is 2. The zero-order valence-corrected chi connectivity index (χ0v) is 19.1. The normalized spacial score (nSPS) is 16.0. The first-order chi connectivity index (χ1) is 15.4. The Balaban J connectivity index is 1.60. The van der Waals surface area contributed by atoms with Crippen LogP contribution in [-0.4, -0.2) is 62.8 Å². The molecule has 0 aliphatic carbocycles. The number of rotatable bonds is 8. The third-order valence-electron chi connectivity index (χ3n) is 5.84. The van der Waals surface area contributed by atoms with E-state index in [1.165, 1.54) is 0 Å². The fraction of sp³-hybridized carbons (Fsp3) is 0.400. The molecule has 170 valence electrons. The van der Waals surface area contributed by atoms with Crippen molar-refractivity contribution in [2.45, 2.75) is 20.3 Å². The van der Waals surface area contributed by atoms with Crippen molar-refractivity contribution in [1.29, 1.82) is 0 Å². The van der Waals surface area contributed by atoms with Gasteiger partial charge in [0, 0.05) is 61.9 Å². The van der Waals surface area contributed by atoms with E-state index in [0.29, 0.717) is 43.4 Å². The van der Waals surface area contributed by atoms with Gasteiger partial charge in [0.2, 0.25) is 0 Å². The maximum atomic E-state index is 12.7. The number of nitrogens with one attached hydrogen (secondary N) is 1. The first-order valence-electron chi connectivity index (χ1n) is 10.9. The van der Waals surface area contributed by atoms with Crippen LogP contribution in [0.1, 0.15) is 43.8 Å². The van der Waals surface area contributed by atoms with Crippen molar-refractivity contribution in [3.05, 3.63) is 64.2 Å². The van der Waals surface area contributed by atoms with Gasteiger partial charge in [0.25, 0.3) is 11.8 Å². The van der Waals surface area contributed by atoms with Crippen LogP contribution in [0, 0.1) is 19.8 Å². The number of likely N-dealkylation sites (tertiary alicyclic amines) is 1. The lowest BCUT2D eigenvalue weighted by Gasteiger charge is -2.16. The van der Waals surface area contributed by atoms with Gasteiger partial charge in [-0.2, -0.15) is 0 Å². The van der Waals surface area contributed by atoms with Crippen LogP contribution in [0.5, 0.6) is 0 Å². The van der Waals surface area contributed by atoms with Gasteiger partial charge in [0.1, 0.15) is 0 Å². The second-order valence-corrected chi connectivity index (χ2v) is 8.26. The molecule has 2 amide bonds. The van der Waals surface area contributed by atoms with Crippen molar-refractivity contribution in [3.8, 4) is 0 Å². The third kappa shape index (κ3) is 5.73. The lowest BCUT2D eigenvalue weighted by molar-refractivity contribution is 0.0787. The smallest absolute Gasteiger partial charge is 0.253 e. The van der Waals surface area contributed by atoms with Gasteiger partial charge in [-0.1, -0.05) is 17.7 Å². The van der Waals surface area contributed by atoms with Gasteiger partial charge >= 0.3 is 0 Å². The van der Waals surface area contributed by atoms with E-state index in [4.69, 9.17) is 10.5 Å². The molecule has 1 unspecified atom stereocenters. The van der Waals surface area contributed by atoms with Crippen molar-refractivity contribution < 1.29 is 14.3 Å². The zero-order chi connectivity index (χ0) is 23.1. The Morgan fingerprint density at radius 1 is 1.22 bits per heavy atom. The van der Waals surface area contributed by atoms with Gasteiger partial charge < -0.3 is 20.7 Å². The van der Waals surface area contributed by atoms with Crippen LogP contribution in [0.25, 0.3) is 0 Å². The summed E-state index contributed by atoms with van der Waals surface area (Å²) in [6.45, 7) is 6.84. The molecule has 1 aliphatic heterocycles. The van der Waals surface area contributed by atoms with Crippen molar-refractivity contribution in [2.75, 3.05) is 45.6 Å². The molecule has 3 N–H and O–H groups in total. The Morgan fingerprint density at radius 2 is 1.97 bits per heavy atom. The molecule has 1 aliphatic rings. The second kappa shape index (κ2) is 10.9. The summed E-state index contributed by atoms with van der Waals surface area (Å²) in [4.78, 5) is 31.6. The molecule has 1 heterocycles. The first kappa shape index (κ1) is 23.5. The number of hydrogen-bond donors (Lipinski definition) is 2. The summed E-state index contributed by atoms with van der Waals surface area (Å²) in [5.41, 5.74) is 10.7. The number of amides is 2. The number of nitrogen functional groups attached to an aromatic ring is 1. The second-order valence-electron chi connectivity index (χ2n) is 8.26. The standard InChI is InChI=1S/C25H32N4O3/c1-17-4-6-20(7-5-17)25(31)29-12-10-19(16-29)14-27-15-22-18(2)21(8-9-23(22)26)24(30)28-11-13-32-3/h4-9,15,19H,10-14,16,26H2,1-3H3,(H,28,30). The van der Waals surface area contributed by atoms with Crippen molar-refractivity contribution in [2.24, 2.45) is 10.9 Å². The van der Waals surface area contributed by atoms with Crippen LogP contribution in [0.2, 0.25) is 0 Å². The summed E-state index contributed by atoms with van der Waals surface area (Å²) >= 11 is 0. The van der Waals surface area contributed by atoms with Crippen molar-refractivity contribution >= 4 is 23.7 Å². The molecule has 0 bridgehead atoms. The van der Waals surface area contributed by atoms with E-state index in [9.17, 15) is 9.59 Å². The minimum absolute atomic E-state index is 0.0729. The van der Waals surface area contributed by atoms with Gasteiger partial charge in [-0.3, -0.25) is 14.6 Å². The lowest BCUT2D eigenvalue weighted by Crippen LogP contribution is -2.29. The SMILES string of the molecule is COCCNC(=O)c1ccc(N)c(C=NCC2CCN(C(=O)c3ccc(C)cc3)C2)c1C. The minimum atomic E-state index is -0.157. The van der Waals surface area contributed by atoms with E-state index in [2.05, 4.69) is 10.3 Å². The van der Waals surface area contributed by atoms with E-state index in [-0.39, 0.29) is 11.8 Å².